The molecule has 1 aliphatic rings. The zero-order chi connectivity index (χ0) is 13.6. The molecule has 5 nitrogen and oxygen atoms in total. The predicted molar refractivity (Wildman–Crippen MR) is 64.3 cm³/mol. The zero-order valence-electron chi connectivity index (χ0n) is 9.90. The minimum absolute atomic E-state index is 0.0980. The lowest BCUT2D eigenvalue weighted by Gasteiger charge is -2.12. The number of anilines is 1. The van der Waals surface area contributed by atoms with Crippen molar-refractivity contribution in [2.75, 3.05) is 18.0 Å². The standard InChI is InChI=1S/C12H11F2N3O2/c13-12(14)4-5-17(6-12)11-16-9-7(10(15)18)2-1-3-8(9)19-11/h1-3H,4-6H2,(H2,15,18). The molecule has 2 heterocycles. The largest absolute Gasteiger partial charge is 0.423 e. The van der Waals surface area contributed by atoms with E-state index < -0.39 is 18.4 Å². The summed E-state index contributed by atoms with van der Waals surface area (Å²) in [6.45, 7) is -0.253. The summed E-state index contributed by atoms with van der Waals surface area (Å²) in [5, 5.41) is 0. The van der Waals surface area contributed by atoms with Gasteiger partial charge in [0.05, 0.1) is 12.1 Å². The number of para-hydroxylation sites is 1. The van der Waals surface area contributed by atoms with Gasteiger partial charge in [0.2, 0.25) is 0 Å². The van der Waals surface area contributed by atoms with E-state index in [9.17, 15) is 13.6 Å². The summed E-state index contributed by atoms with van der Waals surface area (Å²) in [6.07, 6.45) is -0.228. The maximum Gasteiger partial charge on any atom is 0.298 e. The number of fused-ring (bicyclic) bond motifs is 1. The van der Waals surface area contributed by atoms with Crippen LogP contribution in [0.1, 0.15) is 16.8 Å². The maximum absolute atomic E-state index is 13.2. The van der Waals surface area contributed by atoms with Gasteiger partial charge in [-0.1, -0.05) is 6.07 Å². The first-order valence-corrected chi connectivity index (χ1v) is 5.78. The molecule has 0 radical (unpaired) electrons. The Kier molecular flexibility index (Phi) is 2.44. The molecule has 0 bridgehead atoms. The normalized spacial score (nSPS) is 18.1. The Balaban J connectivity index is 2.03. The molecule has 1 aromatic heterocycles. The van der Waals surface area contributed by atoms with E-state index in [0.717, 1.165) is 0 Å². The second kappa shape index (κ2) is 3.91. The molecule has 7 heteroatoms. The van der Waals surface area contributed by atoms with Gasteiger partial charge in [0.25, 0.3) is 17.8 Å². The van der Waals surface area contributed by atoms with Crippen LogP contribution in [0.2, 0.25) is 0 Å². The van der Waals surface area contributed by atoms with Gasteiger partial charge in [0.15, 0.2) is 5.58 Å². The van der Waals surface area contributed by atoms with Crippen molar-refractivity contribution >= 4 is 23.0 Å². The molecule has 0 atom stereocenters. The molecule has 1 aliphatic heterocycles. The molecule has 100 valence electrons. The first-order chi connectivity index (χ1) is 8.96. The van der Waals surface area contributed by atoms with E-state index in [1.807, 2.05) is 0 Å². The molecule has 3 rings (SSSR count). The molecule has 2 aromatic rings. The van der Waals surface area contributed by atoms with Gasteiger partial charge in [-0.05, 0) is 12.1 Å². The maximum atomic E-state index is 13.2. The fourth-order valence-electron chi connectivity index (χ4n) is 2.17. The summed E-state index contributed by atoms with van der Waals surface area (Å²) in [6, 6.07) is 4.85. The Hall–Kier alpha value is -2.18. The van der Waals surface area contributed by atoms with Crippen LogP contribution in [0.3, 0.4) is 0 Å². The summed E-state index contributed by atoms with van der Waals surface area (Å²) >= 11 is 0. The van der Waals surface area contributed by atoms with Crippen LogP contribution in [-0.4, -0.2) is 29.9 Å². The number of amides is 1. The van der Waals surface area contributed by atoms with Crippen LogP contribution < -0.4 is 10.6 Å². The molecule has 0 aliphatic carbocycles. The third-order valence-corrected chi connectivity index (χ3v) is 3.11. The van der Waals surface area contributed by atoms with Gasteiger partial charge in [-0.25, -0.2) is 8.78 Å². The predicted octanol–water partition coefficient (Wildman–Crippen LogP) is 1.77. The Morgan fingerprint density at radius 3 is 2.89 bits per heavy atom. The minimum atomic E-state index is -2.73. The van der Waals surface area contributed by atoms with Gasteiger partial charge >= 0.3 is 0 Å². The lowest BCUT2D eigenvalue weighted by Crippen LogP contribution is -2.25. The molecule has 1 amide bonds. The first-order valence-electron chi connectivity index (χ1n) is 5.78. The smallest absolute Gasteiger partial charge is 0.298 e. The number of nitrogens with two attached hydrogens (primary N) is 1. The van der Waals surface area contributed by atoms with E-state index in [-0.39, 0.29) is 24.5 Å². The quantitative estimate of drug-likeness (QED) is 0.900. The molecule has 19 heavy (non-hydrogen) atoms. The van der Waals surface area contributed by atoms with Gasteiger partial charge in [-0.15, -0.1) is 0 Å². The SMILES string of the molecule is NC(=O)c1cccc2oc(N3CCC(F)(F)C3)nc12. The zero-order valence-corrected chi connectivity index (χ0v) is 9.90. The van der Waals surface area contributed by atoms with E-state index in [1.54, 1.807) is 12.1 Å². The molecule has 2 N–H and O–H groups in total. The second-order valence-corrected chi connectivity index (χ2v) is 4.54. The lowest BCUT2D eigenvalue weighted by atomic mass is 10.2. The van der Waals surface area contributed by atoms with E-state index in [0.29, 0.717) is 11.1 Å². The summed E-state index contributed by atoms with van der Waals surface area (Å²) in [5.74, 6) is -3.36. The molecule has 1 fully saturated rings. The highest BCUT2D eigenvalue weighted by molar-refractivity contribution is 6.03. The monoisotopic (exact) mass is 267 g/mol. The van der Waals surface area contributed by atoms with Crippen molar-refractivity contribution in [3.8, 4) is 0 Å². The number of alkyl halides is 2. The highest BCUT2D eigenvalue weighted by Gasteiger charge is 2.40. The third kappa shape index (κ3) is 2.00. The second-order valence-electron chi connectivity index (χ2n) is 4.54. The number of rotatable bonds is 2. The van der Waals surface area contributed by atoms with Crippen LogP contribution in [0.4, 0.5) is 14.8 Å². The molecule has 0 unspecified atom stereocenters. The van der Waals surface area contributed by atoms with Crippen LogP contribution >= 0.6 is 0 Å². The van der Waals surface area contributed by atoms with E-state index in [4.69, 9.17) is 10.2 Å². The number of benzene rings is 1. The first kappa shape index (κ1) is 11.9. The van der Waals surface area contributed by atoms with Gasteiger partial charge in [0.1, 0.15) is 5.52 Å². The van der Waals surface area contributed by atoms with Crippen molar-refractivity contribution in [2.45, 2.75) is 12.3 Å². The fraction of sp³-hybridized carbons (Fsp3) is 0.333. The number of hydrogen-bond donors (Lipinski definition) is 1. The molecule has 0 spiro atoms. The Morgan fingerprint density at radius 2 is 2.26 bits per heavy atom. The van der Waals surface area contributed by atoms with Crippen molar-refractivity contribution < 1.29 is 18.0 Å². The molecular weight excluding hydrogens is 256 g/mol. The van der Waals surface area contributed by atoms with Crippen molar-refractivity contribution in [3.63, 3.8) is 0 Å². The summed E-state index contributed by atoms with van der Waals surface area (Å²) in [4.78, 5) is 16.7. The molecule has 1 aromatic carbocycles. The summed E-state index contributed by atoms with van der Waals surface area (Å²) in [7, 11) is 0. The average molecular weight is 267 g/mol. The number of primary amides is 1. The average Bonchev–Trinajstić information content (AvgIpc) is 2.90. The van der Waals surface area contributed by atoms with Crippen molar-refractivity contribution in [1.29, 1.82) is 0 Å². The molecule has 1 saturated heterocycles. The molecule has 0 saturated carbocycles. The van der Waals surface area contributed by atoms with Crippen LogP contribution in [0.5, 0.6) is 0 Å². The minimum Gasteiger partial charge on any atom is -0.423 e. The van der Waals surface area contributed by atoms with Crippen LogP contribution in [0.15, 0.2) is 22.6 Å². The number of hydrogen-bond acceptors (Lipinski definition) is 4. The number of oxazole rings is 1. The fourth-order valence-corrected chi connectivity index (χ4v) is 2.17. The Bertz CT molecular complexity index is 653. The highest BCUT2D eigenvalue weighted by atomic mass is 19.3. The Labute approximate surface area is 107 Å². The van der Waals surface area contributed by atoms with Crippen molar-refractivity contribution in [3.05, 3.63) is 23.8 Å². The van der Waals surface area contributed by atoms with Crippen LogP contribution in [0, 0.1) is 0 Å². The number of nitrogens with zero attached hydrogens (tertiary/aromatic N) is 2. The van der Waals surface area contributed by atoms with Gasteiger partial charge in [0, 0.05) is 13.0 Å². The summed E-state index contributed by atoms with van der Waals surface area (Å²) in [5.41, 5.74) is 6.12. The van der Waals surface area contributed by atoms with E-state index in [2.05, 4.69) is 4.98 Å². The number of carbonyl (C=O) groups excluding carboxylic acids is 1. The van der Waals surface area contributed by atoms with Crippen molar-refractivity contribution in [2.24, 2.45) is 5.73 Å². The summed E-state index contributed by atoms with van der Waals surface area (Å²) < 4.78 is 31.7. The number of carbonyl (C=O) groups is 1. The third-order valence-electron chi connectivity index (χ3n) is 3.11. The van der Waals surface area contributed by atoms with Crippen LogP contribution in [0.25, 0.3) is 11.1 Å². The topological polar surface area (TPSA) is 72.4 Å². The van der Waals surface area contributed by atoms with Gasteiger partial charge < -0.3 is 15.1 Å². The highest BCUT2D eigenvalue weighted by Crippen LogP contribution is 2.32. The van der Waals surface area contributed by atoms with Gasteiger partial charge in [-0.3, -0.25) is 4.79 Å². The molecular formula is C12H11F2N3O2. The number of halogens is 2. The van der Waals surface area contributed by atoms with Crippen molar-refractivity contribution in [1.82, 2.24) is 4.98 Å². The Morgan fingerprint density at radius 1 is 1.47 bits per heavy atom. The number of aromatic nitrogens is 1. The van der Waals surface area contributed by atoms with E-state index in [1.165, 1.54) is 11.0 Å². The van der Waals surface area contributed by atoms with Gasteiger partial charge in [-0.2, -0.15) is 4.98 Å². The van der Waals surface area contributed by atoms with Crippen LogP contribution in [-0.2, 0) is 0 Å². The lowest BCUT2D eigenvalue weighted by molar-refractivity contribution is 0.0254. The van der Waals surface area contributed by atoms with E-state index >= 15 is 0 Å².